The summed E-state index contributed by atoms with van der Waals surface area (Å²) in [4.78, 5) is 28.1. The molecule has 3 aromatic rings. The van der Waals surface area contributed by atoms with Gasteiger partial charge in [-0.05, 0) is 60.5 Å². The number of nitrogens with zero attached hydrogens (tertiary/aromatic N) is 1. The van der Waals surface area contributed by atoms with Gasteiger partial charge in [0.05, 0.1) is 39.6 Å². The number of rotatable bonds is 9. The number of hydrogen-bond acceptors (Lipinski definition) is 7. The van der Waals surface area contributed by atoms with Crippen LogP contribution in [0.5, 0.6) is 23.0 Å². The number of amides is 1. The molecular formula is C29H28FNO7. The van der Waals surface area contributed by atoms with E-state index in [1.807, 2.05) is 6.92 Å². The fourth-order valence-corrected chi connectivity index (χ4v) is 4.45. The summed E-state index contributed by atoms with van der Waals surface area (Å²) < 4.78 is 35.2. The predicted octanol–water partition coefficient (Wildman–Crippen LogP) is 4.87. The number of hydrogen-bond donors (Lipinski definition) is 1. The maximum absolute atomic E-state index is 13.5. The maximum atomic E-state index is 13.5. The zero-order valence-electron chi connectivity index (χ0n) is 21.5. The molecule has 1 aliphatic heterocycles. The van der Waals surface area contributed by atoms with E-state index in [4.69, 9.17) is 18.9 Å². The third-order valence-corrected chi connectivity index (χ3v) is 6.27. The Morgan fingerprint density at radius 3 is 2.13 bits per heavy atom. The van der Waals surface area contributed by atoms with Crippen LogP contribution >= 0.6 is 0 Å². The first kappa shape index (κ1) is 26.5. The van der Waals surface area contributed by atoms with Gasteiger partial charge in [-0.25, -0.2) is 4.39 Å². The van der Waals surface area contributed by atoms with Gasteiger partial charge in [0.15, 0.2) is 23.0 Å². The van der Waals surface area contributed by atoms with Crippen LogP contribution in [0.25, 0.3) is 5.76 Å². The Morgan fingerprint density at radius 1 is 0.868 bits per heavy atom. The molecule has 0 spiro atoms. The smallest absolute Gasteiger partial charge is 0.295 e. The molecular weight excluding hydrogens is 493 g/mol. The number of ketones is 1. The lowest BCUT2D eigenvalue weighted by molar-refractivity contribution is -0.140. The van der Waals surface area contributed by atoms with Gasteiger partial charge in [0, 0.05) is 12.1 Å². The normalized spacial score (nSPS) is 16.4. The van der Waals surface area contributed by atoms with Crippen molar-refractivity contribution in [2.24, 2.45) is 0 Å². The van der Waals surface area contributed by atoms with E-state index in [9.17, 15) is 19.1 Å². The molecule has 198 valence electrons. The van der Waals surface area contributed by atoms with Crippen LogP contribution in [0.4, 0.5) is 4.39 Å². The number of carbonyl (C=O) groups excluding carboxylic acids is 2. The van der Waals surface area contributed by atoms with E-state index in [1.165, 1.54) is 44.4 Å². The molecule has 3 aromatic carbocycles. The Balaban J connectivity index is 1.90. The molecule has 0 radical (unpaired) electrons. The van der Waals surface area contributed by atoms with Crippen molar-refractivity contribution >= 4 is 17.4 Å². The first-order valence-corrected chi connectivity index (χ1v) is 11.9. The Bertz CT molecular complexity index is 1380. The predicted molar refractivity (Wildman–Crippen MR) is 138 cm³/mol. The number of ether oxygens (including phenoxy) is 4. The van der Waals surface area contributed by atoms with Crippen molar-refractivity contribution in [1.82, 2.24) is 4.90 Å². The number of benzene rings is 3. The Morgan fingerprint density at radius 2 is 1.50 bits per heavy atom. The molecule has 8 nitrogen and oxygen atoms in total. The standard InChI is InChI=1S/C29H28FNO7/c1-5-38-24-14-18(8-12-22(24)36-3)26-25(27(32)19-9-13-21(35-2)23(15-19)37-4)28(33)29(34)31(26)16-17-6-10-20(30)11-7-17/h6-15,26,32H,5,16H2,1-4H3/b27-25-. The Hall–Kier alpha value is -4.53. The number of likely N-dealkylation sites (tertiary alicyclic amines) is 1. The van der Waals surface area contributed by atoms with Gasteiger partial charge in [-0.3, -0.25) is 9.59 Å². The summed E-state index contributed by atoms with van der Waals surface area (Å²) in [6.07, 6.45) is 0. The highest BCUT2D eigenvalue weighted by molar-refractivity contribution is 6.46. The summed E-state index contributed by atoms with van der Waals surface area (Å²) in [6.45, 7) is 2.19. The molecule has 1 N–H and O–H groups in total. The van der Waals surface area contributed by atoms with E-state index in [2.05, 4.69) is 0 Å². The second-order valence-corrected chi connectivity index (χ2v) is 8.47. The van der Waals surface area contributed by atoms with Gasteiger partial charge in [-0.1, -0.05) is 18.2 Å². The second-order valence-electron chi connectivity index (χ2n) is 8.47. The summed E-state index contributed by atoms with van der Waals surface area (Å²) in [7, 11) is 4.45. The number of Topliss-reactive ketones (excluding diaryl/α,β-unsaturated/α-hetero) is 1. The molecule has 1 unspecified atom stereocenters. The zero-order chi connectivity index (χ0) is 27.4. The first-order chi connectivity index (χ1) is 18.3. The quantitative estimate of drug-likeness (QED) is 0.244. The minimum Gasteiger partial charge on any atom is -0.507 e. The van der Waals surface area contributed by atoms with Crippen LogP contribution in [-0.2, 0) is 16.1 Å². The molecule has 38 heavy (non-hydrogen) atoms. The van der Waals surface area contributed by atoms with Gasteiger partial charge < -0.3 is 29.0 Å². The maximum Gasteiger partial charge on any atom is 0.295 e. The highest BCUT2D eigenvalue weighted by Crippen LogP contribution is 2.43. The van der Waals surface area contributed by atoms with Gasteiger partial charge in [0.2, 0.25) is 0 Å². The van der Waals surface area contributed by atoms with Crippen molar-refractivity contribution in [3.8, 4) is 23.0 Å². The SMILES string of the molecule is CCOc1cc(C2/C(=C(/O)c3ccc(OC)c(OC)c3)C(=O)C(=O)N2Cc2ccc(F)cc2)ccc1OC. The van der Waals surface area contributed by atoms with Crippen LogP contribution in [-0.4, -0.2) is 49.6 Å². The van der Waals surface area contributed by atoms with Crippen molar-refractivity contribution in [3.05, 3.63) is 88.7 Å². The van der Waals surface area contributed by atoms with Crippen LogP contribution in [0.2, 0.25) is 0 Å². The van der Waals surface area contributed by atoms with Crippen molar-refractivity contribution in [2.45, 2.75) is 19.5 Å². The molecule has 0 saturated carbocycles. The van der Waals surface area contributed by atoms with Gasteiger partial charge in [-0.2, -0.15) is 0 Å². The lowest BCUT2D eigenvalue weighted by Crippen LogP contribution is -2.29. The number of aliphatic hydroxyl groups excluding tert-OH is 1. The average molecular weight is 522 g/mol. The van der Waals surface area contributed by atoms with Crippen LogP contribution < -0.4 is 18.9 Å². The molecule has 1 heterocycles. The van der Waals surface area contributed by atoms with Gasteiger partial charge in [0.25, 0.3) is 11.7 Å². The molecule has 0 aromatic heterocycles. The lowest BCUT2D eigenvalue weighted by Gasteiger charge is -2.26. The van der Waals surface area contributed by atoms with E-state index in [-0.39, 0.29) is 23.4 Å². The molecule has 1 fully saturated rings. The zero-order valence-corrected chi connectivity index (χ0v) is 21.5. The van der Waals surface area contributed by atoms with Gasteiger partial charge in [-0.15, -0.1) is 0 Å². The fraction of sp³-hybridized carbons (Fsp3) is 0.241. The van der Waals surface area contributed by atoms with E-state index in [0.717, 1.165) is 0 Å². The second kappa shape index (κ2) is 11.2. The largest absolute Gasteiger partial charge is 0.507 e. The highest BCUT2D eigenvalue weighted by atomic mass is 19.1. The molecule has 0 bridgehead atoms. The van der Waals surface area contributed by atoms with Gasteiger partial charge >= 0.3 is 0 Å². The van der Waals surface area contributed by atoms with Crippen LogP contribution in [0.1, 0.15) is 29.7 Å². The molecule has 0 aliphatic carbocycles. The number of aliphatic hydroxyl groups is 1. The van der Waals surface area contributed by atoms with Crippen molar-refractivity contribution in [2.75, 3.05) is 27.9 Å². The highest BCUT2D eigenvalue weighted by Gasteiger charge is 2.46. The first-order valence-electron chi connectivity index (χ1n) is 11.9. The van der Waals surface area contributed by atoms with Crippen molar-refractivity contribution in [3.63, 3.8) is 0 Å². The van der Waals surface area contributed by atoms with E-state index in [0.29, 0.717) is 40.7 Å². The monoisotopic (exact) mass is 521 g/mol. The minimum absolute atomic E-state index is 0.00817. The average Bonchev–Trinajstić information content (AvgIpc) is 3.18. The van der Waals surface area contributed by atoms with Crippen molar-refractivity contribution in [1.29, 1.82) is 0 Å². The molecule has 9 heteroatoms. The molecule has 4 rings (SSSR count). The van der Waals surface area contributed by atoms with Gasteiger partial charge in [0.1, 0.15) is 11.6 Å². The third-order valence-electron chi connectivity index (χ3n) is 6.27. The van der Waals surface area contributed by atoms with Crippen LogP contribution in [0, 0.1) is 5.82 Å². The van der Waals surface area contributed by atoms with Crippen LogP contribution in [0.3, 0.4) is 0 Å². The van der Waals surface area contributed by atoms with E-state index in [1.54, 1.807) is 42.5 Å². The summed E-state index contributed by atoms with van der Waals surface area (Å²) in [5.41, 5.74) is 1.31. The Kier molecular flexibility index (Phi) is 7.85. The lowest BCUT2D eigenvalue weighted by atomic mass is 9.94. The molecule has 1 aliphatic rings. The van der Waals surface area contributed by atoms with E-state index >= 15 is 0 Å². The summed E-state index contributed by atoms with van der Waals surface area (Å²) in [5, 5.41) is 11.4. The van der Waals surface area contributed by atoms with Crippen LogP contribution in [0.15, 0.2) is 66.2 Å². The topological polar surface area (TPSA) is 94.5 Å². The summed E-state index contributed by atoms with van der Waals surface area (Å²) >= 11 is 0. The molecule has 1 amide bonds. The number of carbonyl (C=O) groups is 2. The molecule has 1 saturated heterocycles. The van der Waals surface area contributed by atoms with E-state index < -0.39 is 23.5 Å². The summed E-state index contributed by atoms with van der Waals surface area (Å²) in [6, 6.07) is 14.4. The summed E-state index contributed by atoms with van der Waals surface area (Å²) in [5.74, 6) is -0.752. The fourth-order valence-electron chi connectivity index (χ4n) is 4.45. The number of methoxy groups -OCH3 is 3. The Labute approximate surface area is 219 Å². The minimum atomic E-state index is -0.960. The van der Waals surface area contributed by atoms with Crippen molar-refractivity contribution < 1.29 is 38.0 Å². The number of halogens is 1. The molecule has 1 atom stereocenters. The third kappa shape index (κ3) is 5.00.